The number of ether oxygens (including phenoxy) is 2. The zero-order valence-corrected chi connectivity index (χ0v) is 10.2. The van der Waals surface area contributed by atoms with Crippen molar-refractivity contribution in [3.05, 3.63) is 41.6 Å². The van der Waals surface area contributed by atoms with Gasteiger partial charge < -0.3 is 9.47 Å². The lowest BCUT2D eigenvalue weighted by molar-refractivity contribution is 0.0521. The van der Waals surface area contributed by atoms with Crippen LogP contribution >= 0.6 is 0 Å². The summed E-state index contributed by atoms with van der Waals surface area (Å²) in [5, 5.41) is 6.28. The van der Waals surface area contributed by atoms with Gasteiger partial charge in [0.15, 0.2) is 0 Å². The Morgan fingerprint density at radius 1 is 1.42 bits per heavy atom. The summed E-state index contributed by atoms with van der Waals surface area (Å²) in [7, 11) is 0. The van der Waals surface area contributed by atoms with Crippen molar-refractivity contribution in [3.8, 4) is 5.88 Å². The van der Waals surface area contributed by atoms with Crippen LogP contribution in [0.1, 0.15) is 22.8 Å². The average Bonchev–Trinajstić information content (AvgIpc) is 2.87. The number of hydrogen-bond donors (Lipinski definition) is 1. The van der Waals surface area contributed by atoms with Gasteiger partial charge in [-0.1, -0.05) is 0 Å². The van der Waals surface area contributed by atoms with Gasteiger partial charge in [-0.3, -0.25) is 0 Å². The normalized spacial score (nSPS) is 10.2. The van der Waals surface area contributed by atoms with Gasteiger partial charge in [-0.2, -0.15) is 9.49 Å². The van der Waals surface area contributed by atoms with Crippen molar-refractivity contribution in [3.63, 3.8) is 0 Å². The maximum atomic E-state index is 12.6. The minimum Gasteiger partial charge on any atom is -0.472 e. The number of carbonyl (C=O) groups excluding carboxylic acids is 1. The summed E-state index contributed by atoms with van der Waals surface area (Å²) in [5.41, 5.74) is 0.891. The molecule has 7 heteroatoms. The number of halogens is 1. The van der Waals surface area contributed by atoms with E-state index in [4.69, 9.17) is 9.47 Å². The van der Waals surface area contributed by atoms with Gasteiger partial charge in [-0.15, -0.1) is 0 Å². The third kappa shape index (κ3) is 3.27. The number of nitrogens with zero attached hydrogens (tertiary/aromatic N) is 2. The quantitative estimate of drug-likeness (QED) is 0.657. The molecule has 0 spiro atoms. The molecule has 100 valence electrons. The van der Waals surface area contributed by atoms with Crippen LogP contribution in [0.25, 0.3) is 0 Å². The second-order valence-corrected chi connectivity index (χ2v) is 3.61. The molecule has 0 aliphatic rings. The molecule has 0 bridgehead atoms. The van der Waals surface area contributed by atoms with Gasteiger partial charge >= 0.3 is 5.97 Å². The molecule has 0 radical (unpaired) electrons. The minimum absolute atomic E-state index is 0.141. The first-order valence-electron chi connectivity index (χ1n) is 5.64. The molecule has 1 N–H and O–H groups in total. The fraction of sp³-hybridized carbons (Fsp3) is 0.250. The van der Waals surface area contributed by atoms with E-state index in [0.29, 0.717) is 5.56 Å². The van der Waals surface area contributed by atoms with E-state index >= 15 is 0 Å². The predicted octanol–water partition coefficient (Wildman–Crippen LogP) is 1.70. The highest BCUT2D eigenvalue weighted by atomic mass is 19.1. The van der Waals surface area contributed by atoms with Crippen LogP contribution in [0.4, 0.5) is 4.39 Å². The lowest BCUT2D eigenvalue weighted by Gasteiger charge is -2.05. The summed E-state index contributed by atoms with van der Waals surface area (Å²) >= 11 is 0. The summed E-state index contributed by atoms with van der Waals surface area (Å²) in [5.74, 6) is -0.858. The highest BCUT2D eigenvalue weighted by Crippen LogP contribution is 2.16. The van der Waals surface area contributed by atoms with Crippen molar-refractivity contribution in [1.82, 2.24) is 15.2 Å². The molecule has 6 nitrogen and oxygen atoms in total. The lowest BCUT2D eigenvalue weighted by Crippen LogP contribution is -2.06. The monoisotopic (exact) mass is 265 g/mol. The number of rotatable bonds is 5. The molecule has 0 aromatic carbocycles. The van der Waals surface area contributed by atoms with Gasteiger partial charge in [-0.05, 0) is 19.1 Å². The van der Waals surface area contributed by atoms with Crippen molar-refractivity contribution in [2.75, 3.05) is 6.61 Å². The van der Waals surface area contributed by atoms with Gasteiger partial charge in [0, 0.05) is 11.8 Å². The third-order valence-corrected chi connectivity index (χ3v) is 2.27. The Kier molecular flexibility index (Phi) is 4.07. The predicted molar refractivity (Wildman–Crippen MR) is 63.1 cm³/mol. The first-order chi connectivity index (χ1) is 9.20. The lowest BCUT2D eigenvalue weighted by atomic mass is 10.3. The van der Waals surface area contributed by atoms with E-state index in [2.05, 4.69) is 15.2 Å². The van der Waals surface area contributed by atoms with Crippen molar-refractivity contribution >= 4 is 5.97 Å². The van der Waals surface area contributed by atoms with E-state index < -0.39 is 11.9 Å². The Morgan fingerprint density at radius 3 is 2.95 bits per heavy atom. The van der Waals surface area contributed by atoms with Crippen LogP contribution in [0.15, 0.2) is 24.5 Å². The van der Waals surface area contributed by atoms with Crippen LogP contribution in [0, 0.1) is 5.95 Å². The number of nitrogens with one attached hydrogen (secondary N) is 1. The van der Waals surface area contributed by atoms with Crippen LogP contribution in [0.3, 0.4) is 0 Å². The molecule has 2 aromatic rings. The van der Waals surface area contributed by atoms with Crippen molar-refractivity contribution in [1.29, 1.82) is 0 Å². The molecule has 2 heterocycles. The zero-order valence-electron chi connectivity index (χ0n) is 10.2. The topological polar surface area (TPSA) is 77.1 Å². The van der Waals surface area contributed by atoms with Crippen molar-refractivity contribution < 1.29 is 18.7 Å². The molecule has 0 aliphatic carbocycles. The maximum Gasteiger partial charge on any atom is 0.345 e. The van der Waals surface area contributed by atoms with Gasteiger partial charge in [0.05, 0.1) is 12.8 Å². The molecule has 0 saturated carbocycles. The van der Waals surface area contributed by atoms with Crippen molar-refractivity contribution in [2.24, 2.45) is 0 Å². The Hall–Kier alpha value is -2.44. The number of H-pyrrole nitrogens is 1. The molecule has 0 amide bonds. The molecule has 2 aromatic heterocycles. The zero-order chi connectivity index (χ0) is 13.7. The molecule has 19 heavy (non-hydrogen) atoms. The second kappa shape index (κ2) is 5.94. The number of carbonyl (C=O) groups is 1. The van der Waals surface area contributed by atoms with Crippen LogP contribution in [-0.2, 0) is 11.3 Å². The largest absolute Gasteiger partial charge is 0.472 e. The van der Waals surface area contributed by atoms with E-state index in [1.54, 1.807) is 13.0 Å². The Morgan fingerprint density at radius 2 is 2.26 bits per heavy atom. The summed E-state index contributed by atoms with van der Waals surface area (Å²) in [4.78, 5) is 15.1. The van der Waals surface area contributed by atoms with Gasteiger partial charge in [0.2, 0.25) is 11.8 Å². The van der Waals surface area contributed by atoms with Crippen LogP contribution in [0.5, 0.6) is 5.88 Å². The fourth-order valence-electron chi connectivity index (χ4n) is 1.39. The van der Waals surface area contributed by atoms with E-state index in [1.165, 1.54) is 18.5 Å². The molecule has 0 unspecified atom stereocenters. The molecule has 0 fully saturated rings. The highest BCUT2D eigenvalue weighted by Gasteiger charge is 2.16. The molecule has 2 rings (SSSR count). The van der Waals surface area contributed by atoms with E-state index in [9.17, 15) is 9.18 Å². The second-order valence-electron chi connectivity index (χ2n) is 3.61. The Balaban J connectivity index is 2.02. The summed E-state index contributed by atoms with van der Waals surface area (Å²) in [6.07, 6.45) is 2.69. The number of pyridine rings is 1. The summed E-state index contributed by atoms with van der Waals surface area (Å²) in [6.45, 7) is 2.12. The Labute approximate surface area is 108 Å². The molecule has 0 aliphatic heterocycles. The summed E-state index contributed by atoms with van der Waals surface area (Å²) < 4.78 is 22.9. The Bertz CT molecular complexity index is 554. The van der Waals surface area contributed by atoms with Gasteiger partial charge in [0.1, 0.15) is 12.2 Å². The van der Waals surface area contributed by atoms with Crippen LogP contribution in [0.2, 0.25) is 0 Å². The SMILES string of the molecule is CCOC(=O)c1cn[nH]c1OCc1ccc(F)nc1. The third-order valence-electron chi connectivity index (χ3n) is 2.27. The van der Waals surface area contributed by atoms with Crippen LogP contribution < -0.4 is 4.74 Å². The highest BCUT2D eigenvalue weighted by molar-refractivity contribution is 5.91. The number of esters is 1. The standard InChI is InChI=1S/C12H12FN3O3/c1-2-18-12(17)9-6-15-16-11(9)19-7-8-3-4-10(13)14-5-8/h3-6H,2,7H2,1H3,(H,15,16). The molecular weight excluding hydrogens is 253 g/mol. The number of hydrogen-bond acceptors (Lipinski definition) is 5. The van der Waals surface area contributed by atoms with Crippen LogP contribution in [-0.4, -0.2) is 27.8 Å². The average molecular weight is 265 g/mol. The fourth-order valence-corrected chi connectivity index (χ4v) is 1.39. The number of aromatic amines is 1. The van der Waals surface area contributed by atoms with E-state index in [1.807, 2.05) is 0 Å². The first-order valence-corrected chi connectivity index (χ1v) is 5.64. The first kappa shape index (κ1) is 13.0. The smallest absolute Gasteiger partial charge is 0.345 e. The molecule has 0 saturated heterocycles. The maximum absolute atomic E-state index is 12.6. The van der Waals surface area contributed by atoms with E-state index in [-0.39, 0.29) is 24.7 Å². The van der Waals surface area contributed by atoms with E-state index in [0.717, 1.165) is 0 Å². The molecule has 0 atom stereocenters. The van der Waals surface area contributed by atoms with Crippen molar-refractivity contribution in [2.45, 2.75) is 13.5 Å². The minimum atomic E-state index is -0.558. The van der Waals surface area contributed by atoms with Gasteiger partial charge in [0.25, 0.3) is 0 Å². The summed E-state index contributed by atoms with van der Waals surface area (Å²) in [6, 6.07) is 2.78. The molecular formula is C12H12FN3O3. The number of aromatic nitrogens is 3. The van der Waals surface area contributed by atoms with Gasteiger partial charge in [-0.25, -0.2) is 14.9 Å².